The van der Waals surface area contributed by atoms with Gasteiger partial charge < -0.3 is 0 Å². The molecule has 0 spiro atoms. The summed E-state index contributed by atoms with van der Waals surface area (Å²) in [5.74, 6) is 0. The highest BCUT2D eigenvalue weighted by atomic mass is 32.2. The zero-order valence-electron chi connectivity index (χ0n) is 7.56. The molecule has 4 nitrogen and oxygen atoms in total. The first-order valence-corrected chi connectivity index (χ1v) is 5.00. The van der Waals surface area contributed by atoms with Gasteiger partial charge in [0.15, 0.2) is 0 Å². The summed E-state index contributed by atoms with van der Waals surface area (Å²) in [5, 5.41) is 0. The summed E-state index contributed by atoms with van der Waals surface area (Å²) >= 11 is 0. The summed E-state index contributed by atoms with van der Waals surface area (Å²) in [6.07, 6.45) is 1.79. The quantitative estimate of drug-likeness (QED) is 0.561. The molecular formula is C7H10F3NO3S. The first-order valence-electron chi connectivity index (χ1n) is 3.56. The van der Waals surface area contributed by atoms with E-state index in [1.54, 1.807) is 6.20 Å². The van der Waals surface area contributed by atoms with Gasteiger partial charge in [-0.2, -0.15) is 21.6 Å². The first-order chi connectivity index (χ1) is 6.64. The molecule has 0 atom stereocenters. The van der Waals surface area contributed by atoms with Gasteiger partial charge in [0, 0.05) is 13.3 Å². The minimum atomic E-state index is -5.84. The summed E-state index contributed by atoms with van der Waals surface area (Å²) in [7, 11) is -5.84. The highest BCUT2D eigenvalue weighted by Gasteiger charge is 2.44. The van der Waals surface area contributed by atoms with E-state index in [4.69, 9.17) is 13.0 Å². The van der Waals surface area contributed by atoms with Crippen LogP contribution in [0, 0.1) is 6.92 Å². The van der Waals surface area contributed by atoms with Crippen LogP contribution in [-0.2, 0) is 10.1 Å². The summed E-state index contributed by atoms with van der Waals surface area (Å²) in [6, 6.07) is 5.86. The normalized spacial score (nSPS) is 11.5. The van der Waals surface area contributed by atoms with Gasteiger partial charge in [0.05, 0.1) is 0 Å². The maximum absolute atomic E-state index is 10.7. The van der Waals surface area contributed by atoms with Crippen molar-refractivity contribution in [2.75, 3.05) is 0 Å². The fraction of sp³-hybridized carbons (Fsp3) is 0.286. The van der Waals surface area contributed by atoms with Crippen molar-refractivity contribution in [3.05, 3.63) is 30.1 Å². The summed E-state index contributed by atoms with van der Waals surface area (Å²) in [5.41, 5.74) is -4.46. The topological polar surface area (TPSA) is 67.3 Å². The smallest absolute Gasteiger partial charge is 0.279 e. The number of hydrogen-bond donors (Lipinski definition) is 1. The van der Waals surface area contributed by atoms with E-state index in [-0.39, 0.29) is 1.43 Å². The Hall–Kier alpha value is -1.15. The molecule has 0 unspecified atom stereocenters. The Balaban J connectivity index is 0. The van der Waals surface area contributed by atoms with Crippen molar-refractivity contribution in [3.8, 4) is 0 Å². The fourth-order valence-electron chi connectivity index (χ4n) is 0.448. The van der Waals surface area contributed by atoms with Crippen molar-refractivity contribution in [3.63, 3.8) is 0 Å². The van der Waals surface area contributed by atoms with Crippen molar-refractivity contribution in [2.45, 2.75) is 12.4 Å². The molecule has 0 saturated carbocycles. The second-order valence-electron chi connectivity index (χ2n) is 2.39. The van der Waals surface area contributed by atoms with E-state index in [9.17, 15) is 13.2 Å². The third-order valence-corrected chi connectivity index (χ3v) is 1.69. The van der Waals surface area contributed by atoms with E-state index >= 15 is 0 Å². The molecule has 8 heteroatoms. The maximum atomic E-state index is 10.7. The fourth-order valence-corrected chi connectivity index (χ4v) is 0.448. The highest BCUT2D eigenvalue weighted by Crippen LogP contribution is 2.20. The second kappa shape index (κ2) is 5.08. The molecule has 0 saturated heterocycles. The number of hydrogen-bond acceptors (Lipinski definition) is 3. The van der Waals surface area contributed by atoms with E-state index < -0.39 is 15.6 Å². The molecule has 0 aliphatic rings. The van der Waals surface area contributed by atoms with Gasteiger partial charge in [-0.25, -0.2) is 0 Å². The van der Waals surface area contributed by atoms with Gasteiger partial charge in [-0.15, -0.1) is 0 Å². The average Bonchev–Trinajstić information content (AvgIpc) is 2.02. The highest BCUT2D eigenvalue weighted by molar-refractivity contribution is 7.86. The molecule has 1 heterocycles. The van der Waals surface area contributed by atoms with Crippen LogP contribution in [0.4, 0.5) is 13.2 Å². The molecular weight excluding hydrogens is 235 g/mol. The minimum absolute atomic E-state index is 0. The van der Waals surface area contributed by atoms with Crippen molar-refractivity contribution >= 4 is 10.1 Å². The molecule has 1 rings (SSSR count). The van der Waals surface area contributed by atoms with Crippen molar-refractivity contribution in [1.29, 1.82) is 0 Å². The molecule has 0 amide bonds. The zero-order valence-corrected chi connectivity index (χ0v) is 8.38. The van der Waals surface area contributed by atoms with Crippen LogP contribution in [0.5, 0.6) is 0 Å². The molecule has 0 aliphatic carbocycles. The Morgan fingerprint density at radius 3 is 2.00 bits per heavy atom. The van der Waals surface area contributed by atoms with Crippen LogP contribution in [0.1, 0.15) is 7.12 Å². The van der Waals surface area contributed by atoms with Crippen LogP contribution >= 0.6 is 0 Å². The lowest BCUT2D eigenvalue weighted by molar-refractivity contribution is -0.0510. The number of nitrogens with zero attached hydrogens (tertiary/aromatic N) is 1. The van der Waals surface area contributed by atoms with Crippen LogP contribution in [0.15, 0.2) is 24.4 Å². The van der Waals surface area contributed by atoms with Crippen molar-refractivity contribution in [1.82, 2.24) is 4.98 Å². The molecule has 1 N–H and O–H groups in total. The van der Waals surface area contributed by atoms with Crippen LogP contribution in [-0.4, -0.2) is 23.5 Å². The zero-order chi connectivity index (χ0) is 12.1. The van der Waals surface area contributed by atoms with Crippen LogP contribution in [0.25, 0.3) is 0 Å². The lowest BCUT2D eigenvalue weighted by atomic mass is 10.4. The predicted molar refractivity (Wildman–Crippen MR) is 48.7 cm³/mol. The molecule has 0 bridgehead atoms. The largest absolute Gasteiger partial charge is 0.522 e. The molecule has 88 valence electrons. The lowest BCUT2D eigenvalue weighted by Gasteiger charge is -1.97. The van der Waals surface area contributed by atoms with Crippen molar-refractivity contribution < 1.29 is 27.6 Å². The Bertz CT molecular complexity index is 393. The molecule has 0 aromatic carbocycles. The Kier molecular flexibility index (Phi) is 4.69. The number of rotatable bonds is 0. The van der Waals surface area contributed by atoms with E-state index in [2.05, 4.69) is 4.98 Å². The SMILES string of the molecule is Cc1ccccn1.O=S(=O)(O)C(F)(F)F.[HH]. The minimum Gasteiger partial charge on any atom is -0.279 e. The molecule has 0 fully saturated rings. The average molecular weight is 245 g/mol. The van der Waals surface area contributed by atoms with Gasteiger partial charge in [0.2, 0.25) is 0 Å². The number of halogens is 3. The van der Waals surface area contributed by atoms with E-state index in [0.717, 1.165) is 5.69 Å². The third kappa shape index (κ3) is 6.02. The van der Waals surface area contributed by atoms with Gasteiger partial charge in [0.1, 0.15) is 0 Å². The standard InChI is InChI=1S/C6H7N.CHF3O3S.H2/c1-6-4-2-3-5-7-6;2-1(3,4)8(5,6)7;/h2-5H,1H3;(H,5,6,7);1H. The monoisotopic (exact) mass is 245 g/mol. The number of alkyl halides is 3. The van der Waals surface area contributed by atoms with Crippen LogP contribution < -0.4 is 0 Å². The van der Waals surface area contributed by atoms with Gasteiger partial charge in [-0.05, 0) is 19.1 Å². The second-order valence-corrected chi connectivity index (χ2v) is 3.80. The summed E-state index contributed by atoms with van der Waals surface area (Å²) < 4.78 is 57.5. The molecule has 0 aliphatic heterocycles. The van der Waals surface area contributed by atoms with E-state index in [1.165, 1.54) is 0 Å². The van der Waals surface area contributed by atoms with Gasteiger partial charge >= 0.3 is 15.6 Å². The molecule has 0 radical (unpaired) electrons. The first kappa shape index (κ1) is 13.8. The number of aryl methyl sites for hydroxylation is 1. The maximum Gasteiger partial charge on any atom is 0.522 e. The van der Waals surface area contributed by atoms with E-state index in [0.29, 0.717) is 0 Å². The van der Waals surface area contributed by atoms with Crippen molar-refractivity contribution in [2.24, 2.45) is 0 Å². The lowest BCUT2D eigenvalue weighted by Crippen LogP contribution is -2.21. The van der Waals surface area contributed by atoms with Gasteiger partial charge in [-0.1, -0.05) is 6.07 Å². The molecule has 15 heavy (non-hydrogen) atoms. The van der Waals surface area contributed by atoms with E-state index in [1.807, 2.05) is 25.1 Å². The molecule has 1 aromatic rings. The number of pyridine rings is 1. The van der Waals surface area contributed by atoms with Crippen LogP contribution in [0.2, 0.25) is 0 Å². The van der Waals surface area contributed by atoms with Gasteiger partial charge in [-0.3, -0.25) is 9.54 Å². The van der Waals surface area contributed by atoms with Crippen LogP contribution in [0.3, 0.4) is 0 Å². The Morgan fingerprint density at radius 1 is 1.40 bits per heavy atom. The predicted octanol–water partition coefficient (Wildman–Crippen LogP) is 2.03. The Labute approximate surface area is 86.0 Å². The third-order valence-electron chi connectivity index (χ3n) is 1.11. The Morgan fingerprint density at radius 2 is 1.87 bits per heavy atom. The number of aromatic nitrogens is 1. The van der Waals surface area contributed by atoms with Gasteiger partial charge in [0.25, 0.3) is 0 Å². The molecule has 1 aromatic heterocycles. The summed E-state index contributed by atoms with van der Waals surface area (Å²) in [4.78, 5) is 3.98. The summed E-state index contributed by atoms with van der Waals surface area (Å²) in [6.45, 7) is 1.97.